The number of piperidine rings is 1. The zero-order chi connectivity index (χ0) is 18.6. The lowest BCUT2D eigenvalue weighted by molar-refractivity contribution is -0.125. The van der Waals surface area contributed by atoms with Crippen LogP contribution in [0.5, 0.6) is 0 Å². The van der Waals surface area contributed by atoms with Crippen LogP contribution < -0.4 is 10.6 Å². The molecule has 0 bridgehead atoms. The summed E-state index contributed by atoms with van der Waals surface area (Å²) in [6.45, 7) is 4.96. The second-order valence-electron chi connectivity index (χ2n) is 7.47. The maximum atomic E-state index is 12.9. The van der Waals surface area contributed by atoms with Crippen LogP contribution in [0.2, 0.25) is 0 Å². The number of hydrogen-bond donors (Lipinski definition) is 2. The molecule has 1 aliphatic heterocycles. The molecule has 0 spiro atoms. The molecule has 2 fully saturated rings. The van der Waals surface area contributed by atoms with E-state index >= 15 is 0 Å². The Bertz CT molecular complexity index is 652. The Morgan fingerprint density at radius 3 is 2.62 bits per heavy atom. The molecule has 1 aromatic carbocycles. The number of carbonyl (C=O) groups excluding carboxylic acids is 2. The molecule has 0 unspecified atom stereocenters. The van der Waals surface area contributed by atoms with Crippen molar-refractivity contribution >= 4 is 27.7 Å². The van der Waals surface area contributed by atoms with Crippen LogP contribution in [0.4, 0.5) is 0 Å². The Morgan fingerprint density at radius 2 is 2.00 bits per heavy atom. The minimum absolute atomic E-state index is 0.0981. The Labute approximate surface area is 164 Å². The second-order valence-corrected chi connectivity index (χ2v) is 8.38. The summed E-state index contributed by atoms with van der Waals surface area (Å²) in [4.78, 5) is 26.9. The Hall–Kier alpha value is -1.40. The first kappa shape index (κ1) is 19.4. The number of likely N-dealkylation sites (tertiary alicyclic amines) is 1. The van der Waals surface area contributed by atoms with E-state index in [1.165, 1.54) is 0 Å². The van der Waals surface area contributed by atoms with Crippen molar-refractivity contribution in [3.05, 3.63) is 34.3 Å². The van der Waals surface area contributed by atoms with E-state index in [4.69, 9.17) is 0 Å². The van der Waals surface area contributed by atoms with E-state index < -0.39 is 0 Å². The van der Waals surface area contributed by atoms with Gasteiger partial charge >= 0.3 is 0 Å². The highest BCUT2D eigenvalue weighted by atomic mass is 79.9. The molecule has 2 aliphatic rings. The predicted octanol–water partition coefficient (Wildman–Crippen LogP) is 2.59. The van der Waals surface area contributed by atoms with Crippen molar-refractivity contribution in [3.63, 3.8) is 0 Å². The quantitative estimate of drug-likeness (QED) is 0.710. The van der Waals surface area contributed by atoms with E-state index in [1.54, 1.807) is 0 Å². The molecule has 6 heteroatoms. The first-order valence-corrected chi connectivity index (χ1v) is 10.4. The van der Waals surface area contributed by atoms with Crippen molar-refractivity contribution in [1.29, 1.82) is 0 Å². The Kier molecular flexibility index (Phi) is 6.35. The summed E-state index contributed by atoms with van der Waals surface area (Å²) < 4.78 is 1.02. The number of carbonyl (C=O) groups is 2. The summed E-state index contributed by atoms with van der Waals surface area (Å²) >= 11 is 3.50. The third kappa shape index (κ3) is 4.65. The summed E-state index contributed by atoms with van der Waals surface area (Å²) in [7, 11) is 0. The average Bonchev–Trinajstić information content (AvgIpc) is 3.44. The molecule has 3 rings (SSSR count). The molecule has 5 nitrogen and oxygen atoms in total. The van der Waals surface area contributed by atoms with E-state index in [1.807, 2.05) is 12.1 Å². The van der Waals surface area contributed by atoms with E-state index in [-0.39, 0.29) is 23.3 Å². The summed E-state index contributed by atoms with van der Waals surface area (Å²) in [5.41, 5.74) is 0.774. The van der Waals surface area contributed by atoms with Gasteiger partial charge in [-0.15, -0.1) is 0 Å². The zero-order valence-corrected chi connectivity index (χ0v) is 17.0. The molecule has 1 saturated heterocycles. The van der Waals surface area contributed by atoms with Gasteiger partial charge in [0, 0.05) is 30.1 Å². The van der Waals surface area contributed by atoms with Gasteiger partial charge in [-0.25, -0.2) is 0 Å². The SMILES string of the molecule is CCCNC(=O)CN1CCC(NC(=O)C2(c3cccc(Br)c3)CC2)CC1. The van der Waals surface area contributed by atoms with Crippen LogP contribution in [0, 0.1) is 0 Å². The maximum absolute atomic E-state index is 12.9. The van der Waals surface area contributed by atoms with Gasteiger partial charge in [-0.1, -0.05) is 35.0 Å². The van der Waals surface area contributed by atoms with E-state index in [2.05, 4.69) is 50.5 Å². The van der Waals surface area contributed by atoms with Gasteiger partial charge < -0.3 is 10.6 Å². The molecular formula is C20H28BrN3O2. The number of rotatable bonds is 7. The number of nitrogens with zero attached hydrogens (tertiary/aromatic N) is 1. The molecule has 0 aromatic heterocycles. The van der Waals surface area contributed by atoms with Crippen LogP contribution in [-0.4, -0.2) is 48.9 Å². The lowest BCUT2D eigenvalue weighted by Crippen LogP contribution is -2.49. The van der Waals surface area contributed by atoms with Gasteiger partial charge in [0.25, 0.3) is 0 Å². The first-order chi connectivity index (χ1) is 12.5. The van der Waals surface area contributed by atoms with Crippen molar-refractivity contribution in [2.24, 2.45) is 0 Å². The number of nitrogens with one attached hydrogen (secondary N) is 2. The van der Waals surface area contributed by atoms with Crippen molar-refractivity contribution in [2.75, 3.05) is 26.2 Å². The fraction of sp³-hybridized carbons (Fsp3) is 0.600. The fourth-order valence-corrected chi connectivity index (χ4v) is 4.04. The van der Waals surface area contributed by atoms with Crippen LogP contribution in [0.3, 0.4) is 0 Å². The number of amides is 2. The molecule has 142 valence electrons. The summed E-state index contributed by atoms with van der Waals surface area (Å²) in [5.74, 6) is 0.260. The van der Waals surface area contributed by atoms with Gasteiger partial charge in [0.05, 0.1) is 12.0 Å². The van der Waals surface area contributed by atoms with Crippen LogP contribution in [-0.2, 0) is 15.0 Å². The van der Waals surface area contributed by atoms with Gasteiger partial charge in [-0.05, 0) is 49.8 Å². The largest absolute Gasteiger partial charge is 0.355 e. The van der Waals surface area contributed by atoms with E-state index in [0.29, 0.717) is 6.54 Å². The predicted molar refractivity (Wildman–Crippen MR) is 106 cm³/mol. The molecule has 2 N–H and O–H groups in total. The lowest BCUT2D eigenvalue weighted by atomic mass is 9.94. The smallest absolute Gasteiger partial charge is 0.234 e. The fourth-order valence-electron chi connectivity index (χ4n) is 3.64. The highest BCUT2D eigenvalue weighted by Crippen LogP contribution is 2.49. The normalized spacial score (nSPS) is 19.8. The second kappa shape index (κ2) is 8.53. The molecule has 2 amide bonds. The molecule has 1 heterocycles. The summed E-state index contributed by atoms with van der Waals surface area (Å²) in [6.07, 6.45) is 4.61. The number of halogens is 1. The first-order valence-electron chi connectivity index (χ1n) is 9.59. The van der Waals surface area contributed by atoms with Crippen LogP contribution in [0.15, 0.2) is 28.7 Å². The highest BCUT2D eigenvalue weighted by Gasteiger charge is 2.51. The minimum Gasteiger partial charge on any atom is -0.355 e. The topological polar surface area (TPSA) is 61.4 Å². The molecule has 1 aromatic rings. The standard InChI is InChI=1S/C20H28BrN3O2/c1-2-10-22-18(25)14-24-11-6-17(7-12-24)23-19(26)20(8-9-20)15-4-3-5-16(21)13-15/h3-5,13,17H,2,6-12,14H2,1H3,(H,22,25)(H,23,26). The molecule has 26 heavy (non-hydrogen) atoms. The maximum Gasteiger partial charge on any atom is 0.234 e. The summed E-state index contributed by atoms with van der Waals surface area (Å²) in [6, 6.07) is 8.31. The lowest BCUT2D eigenvalue weighted by Gasteiger charge is -2.32. The number of benzene rings is 1. The van der Waals surface area contributed by atoms with Crippen LogP contribution >= 0.6 is 15.9 Å². The van der Waals surface area contributed by atoms with Gasteiger partial charge in [0.1, 0.15) is 0 Å². The monoisotopic (exact) mass is 421 g/mol. The third-order valence-electron chi connectivity index (χ3n) is 5.42. The number of hydrogen-bond acceptors (Lipinski definition) is 3. The minimum atomic E-state index is -0.332. The van der Waals surface area contributed by atoms with Crippen LogP contribution in [0.1, 0.15) is 44.6 Å². The molecule has 0 atom stereocenters. The van der Waals surface area contributed by atoms with E-state index in [9.17, 15) is 9.59 Å². The van der Waals surface area contributed by atoms with Gasteiger partial charge in [0.15, 0.2) is 0 Å². The van der Waals surface area contributed by atoms with Gasteiger partial charge in [0.2, 0.25) is 11.8 Å². The van der Waals surface area contributed by atoms with Gasteiger partial charge in [-0.3, -0.25) is 14.5 Å². The Balaban J connectivity index is 1.47. The molecule has 0 radical (unpaired) electrons. The van der Waals surface area contributed by atoms with Crippen molar-refractivity contribution in [1.82, 2.24) is 15.5 Å². The average molecular weight is 422 g/mol. The van der Waals surface area contributed by atoms with Crippen molar-refractivity contribution in [2.45, 2.75) is 50.5 Å². The van der Waals surface area contributed by atoms with Crippen molar-refractivity contribution < 1.29 is 9.59 Å². The highest BCUT2D eigenvalue weighted by molar-refractivity contribution is 9.10. The van der Waals surface area contributed by atoms with Crippen LogP contribution in [0.25, 0.3) is 0 Å². The zero-order valence-electron chi connectivity index (χ0n) is 15.4. The molecule has 1 saturated carbocycles. The Morgan fingerprint density at radius 1 is 1.27 bits per heavy atom. The third-order valence-corrected chi connectivity index (χ3v) is 5.92. The summed E-state index contributed by atoms with van der Waals surface area (Å²) in [5, 5.41) is 6.19. The molecule has 1 aliphatic carbocycles. The van der Waals surface area contributed by atoms with Crippen molar-refractivity contribution in [3.8, 4) is 0 Å². The van der Waals surface area contributed by atoms with Gasteiger partial charge in [-0.2, -0.15) is 0 Å². The van der Waals surface area contributed by atoms with E-state index in [0.717, 1.165) is 61.8 Å². The molecular weight excluding hydrogens is 394 g/mol.